The largest absolute Gasteiger partial charge is 0.396 e. The number of hydrogen-bond acceptors (Lipinski definition) is 3. The average Bonchev–Trinajstić information content (AvgIpc) is 2.44. The van der Waals surface area contributed by atoms with Crippen LogP contribution in [0.2, 0.25) is 0 Å². The van der Waals surface area contributed by atoms with Crippen molar-refractivity contribution in [1.29, 1.82) is 5.26 Å². The Kier molecular flexibility index (Phi) is 4.89. The van der Waals surface area contributed by atoms with Gasteiger partial charge in [-0.2, -0.15) is 5.26 Å². The van der Waals surface area contributed by atoms with Crippen molar-refractivity contribution >= 4 is 0 Å². The maximum Gasteiger partial charge on any atom is 0.124 e. The Balaban J connectivity index is 2.19. The van der Waals surface area contributed by atoms with Gasteiger partial charge in [0.1, 0.15) is 11.9 Å². The molecule has 0 bridgehead atoms. The first-order valence-electron chi connectivity index (χ1n) is 6.78. The van der Waals surface area contributed by atoms with Crippen molar-refractivity contribution < 1.29 is 9.50 Å². The minimum Gasteiger partial charge on any atom is -0.396 e. The molecular weight excluding hydrogens is 243 g/mol. The van der Waals surface area contributed by atoms with Gasteiger partial charge in [-0.25, -0.2) is 4.39 Å². The summed E-state index contributed by atoms with van der Waals surface area (Å²) in [6.07, 6.45) is 3.92. The van der Waals surface area contributed by atoms with Gasteiger partial charge < -0.3 is 5.11 Å². The third kappa shape index (κ3) is 3.31. The van der Waals surface area contributed by atoms with Gasteiger partial charge >= 0.3 is 0 Å². The average molecular weight is 262 g/mol. The number of nitrogens with zero attached hydrogens (tertiary/aromatic N) is 2. The van der Waals surface area contributed by atoms with Crippen LogP contribution in [-0.4, -0.2) is 29.2 Å². The highest BCUT2D eigenvalue weighted by molar-refractivity contribution is 5.25. The number of benzene rings is 1. The van der Waals surface area contributed by atoms with E-state index in [-0.39, 0.29) is 24.5 Å². The summed E-state index contributed by atoms with van der Waals surface area (Å²) in [6, 6.07) is 8.35. The number of nitriles is 1. The van der Waals surface area contributed by atoms with Gasteiger partial charge in [0.25, 0.3) is 0 Å². The molecule has 19 heavy (non-hydrogen) atoms. The van der Waals surface area contributed by atoms with Gasteiger partial charge in [-0.05, 0) is 37.0 Å². The van der Waals surface area contributed by atoms with Crippen molar-refractivity contribution in [2.45, 2.75) is 37.8 Å². The predicted molar refractivity (Wildman–Crippen MR) is 70.8 cm³/mol. The Morgan fingerprint density at radius 2 is 2.11 bits per heavy atom. The molecule has 1 fully saturated rings. The summed E-state index contributed by atoms with van der Waals surface area (Å²) in [6.45, 7) is 1.00. The van der Waals surface area contributed by atoms with Crippen molar-refractivity contribution in [3.63, 3.8) is 0 Å². The molecule has 2 atom stereocenters. The molecule has 0 saturated carbocycles. The summed E-state index contributed by atoms with van der Waals surface area (Å²) in [5.41, 5.74) is 0.828. The van der Waals surface area contributed by atoms with E-state index >= 15 is 0 Å². The highest BCUT2D eigenvalue weighted by Crippen LogP contribution is 2.29. The molecule has 0 aromatic heterocycles. The molecule has 1 heterocycles. The Bertz CT molecular complexity index is 438. The van der Waals surface area contributed by atoms with Gasteiger partial charge in [0.2, 0.25) is 0 Å². The van der Waals surface area contributed by atoms with Gasteiger partial charge in [-0.1, -0.05) is 18.6 Å². The van der Waals surface area contributed by atoms with Crippen LogP contribution in [0.25, 0.3) is 0 Å². The minimum atomic E-state index is -0.350. The van der Waals surface area contributed by atoms with Crippen LogP contribution in [0.3, 0.4) is 0 Å². The maximum atomic E-state index is 13.0. The van der Waals surface area contributed by atoms with Crippen LogP contribution in [0, 0.1) is 17.1 Å². The molecule has 0 amide bonds. The summed E-state index contributed by atoms with van der Waals surface area (Å²) >= 11 is 0. The molecule has 1 aliphatic heterocycles. The van der Waals surface area contributed by atoms with E-state index in [1.807, 2.05) is 0 Å². The van der Waals surface area contributed by atoms with E-state index in [2.05, 4.69) is 11.0 Å². The van der Waals surface area contributed by atoms with E-state index in [0.29, 0.717) is 6.42 Å². The van der Waals surface area contributed by atoms with E-state index < -0.39 is 0 Å². The lowest BCUT2D eigenvalue weighted by Gasteiger charge is -2.38. The SMILES string of the molecule is N#CC(c1ccc(F)cc1)N1CCCCC1CCO. The topological polar surface area (TPSA) is 47.3 Å². The Morgan fingerprint density at radius 1 is 1.37 bits per heavy atom. The third-order valence-electron chi connectivity index (χ3n) is 3.77. The van der Waals surface area contributed by atoms with Gasteiger partial charge in [-0.15, -0.1) is 0 Å². The molecule has 2 rings (SSSR count). The zero-order valence-electron chi connectivity index (χ0n) is 10.9. The first-order chi connectivity index (χ1) is 9.26. The summed E-state index contributed by atoms with van der Waals surface area (Å²) in [5.74, 6) is -0.286. The van der Waals surface area contributed by atoms with Crippen molar-refractivity contribution in [3.8, 4) is 6.07 Å². The molecule has 3 nitrogen and oxygen atoms in total. The van der Waals surface area contributed by atoms with E-state index in [4.69, 9.17) is 5.11 Å². The minimum absolute atomic E-state index is 0.142. The number of likely N-dealkylation sites (tertiary alicyclic amines) is 1. The zero-order chi connectivity index (χ0) is 13.7. The predicted octanol–water partition coefficient (Wildman–Crippen LogP) is 2.63. The van der Waals surface area contributed by atoms with Crippen LogP contribution in [0.4, 0.5) is 4.39 Å². The monoisotopic (exact) mass is 262 g/mol. The van der Waals surface area contributed by atoms with Gasteiger partial charge in [0.05, 0.1) is 6.07 Å². The molecule has 0 radical (unpaired) electrons. The molecule has 0 aliphatic carbocycles. The molecule has 0 spiro atoms. The standard InChI is InChI=1S/C15H19FN2O/c16-13-6-4-12(5-7-13)15(11-17)18-9-2-1-3-14(18)8-10-19/h4-7,14-15,19H,1-3,8-10H2. The molecule has 1 N–H and O–H groups in total. The smallest absolute Gasteiger partial charge is 0.124 e. The lowest BCUT2D eigenvalue weighted by Crippen LogP contribution is -2.42. The fourth-order valence-corrected chi connectivity index (χ4v) is 2.81. The molecule has 1 aromatic carbocycles. The first kappa shape index (κ1) is 14.0. The summed E-state index contributed by atoms with van der Waals surface area (Å²) in [5, 5.41) is 18.6. The Labute approximate surface area is 113 Å². The second kappa shape index (κ2) is 6.65. The second-order valence-electron chi connectivity index (χ2n) is 4.98. The molecule has 1 saturated heterocycles. The van der Waals surface area contributed by atoms with E-state index in [0.717, 1.165) is 31.4 Å². The lowest BCUT2D eigenvalue weighted by atomic mass is 9.95. The van der Waals surface area contributed by atoms with Crippen LogP contribution in [-0.2, 0) is 0 Å². The third-order valence-corrected chi connectivity index (χ3v) is 3.77. The Morgan fingerprint density at radius 3 is 2.74 bits per heavy atom. The first-order valence-corrected chi connectivity index (χ1v) is 6.78. The highest BCUT2D eigenvalue weighted by atomic mass is 19.1. The summed E-state index contributed by atoms with van der Waals surface area (Å²) in [4.78, 5) is 2.15. The molecule has 4 heteroatoms. The molecular formula is C15H19FN2O. The molecule has 1 aliphatic rings. The van der Waals surface area contributed by atoms with E-state index in [9.17, 15) is 9.65 Å². The quantitative estimate of drug-likeness (QED) is 0.907. The zero-order valence-corrected chi connectivity index (χ0v) is 10.9. The summed E-state index contributed by atoms with van der Waals surface area (Å²) < 4.78 is 13.0. The second-order valence-corrected chi connectivity index (χ2v) is 4.98. The molecule has 1 aromatic rings. The highest BCUT2D eigenvalue weighted by Gasteiger charge is 2.29. The fraction of sp³-hybridized carbons (Fsp3) is 0.533. The van der Waals surface area contributed by atoms with Crippen molar-refractivity contribution in [3.05, 3.63) is 35.6 Å². The van der Waals surface area contributed by atoms with Crippen LogP contribution < -0.4 is 0 Å². The maximum absolute atomic E-state index is 13.0. The van der Waals surface area contributed by atoms with Gasteiger partial charge in [0.15, 0.2) is 0 Å². The number of halogens is 1. The number of rotatable bonds is 4. The number of aliphatic hydroxyl groups is 1. The lowest BCUT2D eigenvalue weighted by molar-refractivity contribution is 0.0964. The normalized spacial score (nSPS) is 21.8. The van der Waals surface area contributed by atoms with Gasteiger partial charge in [0, 0.05) is 19.2 Å². The molecule has 2 unspecified atom stereocenters. The van der Waals surface area contributed by atoms with Crippen LogP contribution in [0.5, 0.6) is 0 Å². The fourth-order valence-electron chi connectivity index (χ4n) is 2.81. The Hall–Kier alpha value is -1.44. The van der Waals surface area contributed by atoms with Crippen molar-refractivity contribution in [1.82, 2.24) is 4.90 Å². The number of hydrogen-bond donors (Lipinski definition) is 1. The van der Waals surface area contributed by atoms with E-state index in [1.165, 1.54) is 12.1 Å². The van der Waals surface area contributed by atoms with E-state index in [1.54, 1.807) is 12.1 Å². The van der Waals surface area contributed by atoms with Crippen molar-refractivity contribution in [2.24, 2.45) is 0 Å². The van der Waals surface area contributed by atoms with Gasteiger partial charge in [-0.3, -0.25) is 4.90 Å². The van der Waals surface area contributed by atoms with Crippen LogP contribution in [0.15, 0.2) is 24.3 Å². The van der Waals surface area contributed by atoms with Crippen molar-refractivity contribution in [2.75, 3.05) is 13.2 Å². The molecule has 102 valence electrons. The number of aliphatic hydroxyl groups excluding tert-OH is 1. The summed E-state index contributed by atoms with van der Waals surface area (Å²) in [7, 11) is 0. The van der Waals surface area contributed by atoms with Crippen LogP contribution in [0.1, 0.15) is 37.3 Å². The number of piperidine rings is 1. The van der Waals surface area contributed by atoms with Crippen LogP contribution >= 0.6 is 0 Å².